The van der Waals surface area contributed by atoms with Crippen LogP contribution in [0.5, 0.6) is 5.75 Å². The van der Waals surface area contributed by atoms with E-state index >= 15 is 0 Å². The lowest BCUT2D eigenvalue weighted by atomic mass is 10.2. The smallest absolute Gasteiger partial charge is 0.240 e. The van der Waals surface area contributed by atoms with Gasteiger partial charge in [-0.05, 0) is 42.0 Å². The van der Waals surface area contributed by atoms with Crippen LogP contribution in [0.2, 0.25) is 0 Å². The van der Waals surface area contributed by atoms with Crippen molar-refractivity contribution in [1.29, 1.82) is 0 Å². The summed E-state index contributed by atoms with van der Waals surface area (Å²) < 4.78 is 17.9. The minimum atomic E-state index is -0.327. The Balaban J connectivity index is 1.97. The van der Waals surface area contributed by atoms with Gasteiger partial charge in [0, 0.05) is 19.2 Å². The first-order valence-corrected chi connectivity index (χ1v) is 7.43. The zero-order valence-electron chi connectivity index (χ0n) is 13.6. The molecular weight excluding hydrogens is 311 g/mol. The van der Waals surface area contributed by atoms with Crippen molar-refractivity contribution in [1.82, 2.24) is 5.32 Å². The average Bonchev–Trinajstić information content (AvgIpc) is 2.59. The summed E-state index contributed by atoms with van der Waals surface area (Å²) in [5.41, 5.74) is 1.39. The second kappa shape index (κ2) is 8.10. The monoisotopic (exact) mass is 330 g/mol. The summed E-state index contributed by atoms with van der Waals surface area (Å²) in [5.74, 6) is -0.196. The molecule has 0 bridgehead atoms. The summed E-state index contributed by atoms with van der Waals surface area (Å²) in [6.07, 6.45) is 0. The molecule has 0 unspecified atom stereocenters. The van der Waals surface area contributed by atoms with Crippen LogP contribution in [0.3, 0.4) is 0 Å². The number of halogens is 1. The van der Waals surface area contributed by atoms with Crippen LogP contribution < -0.4 is 15.0 Å². The Morgan fingerprint density at radius 3 is 2.25 bits per heavy atom. The van der Waals surface area contributed by atoms with Crippen LogP contribution in [-0.4, -0.2) is 25.5 Å². The topological polar surface area (TPSA) is 58.6 Å². The van der Waals surface area contributed by atoms with Gasteiger partial charge in [0.05, 0.1) is 7.11 Å². The van der Waals surface area contributed by atoms with E-state index in [0.717, 1.165) is 5.56 Å². The maximum absolute atomic E-state index is 12.8. The van der Waals surface area contributed by atoms with Gasteiger partial charge >= 0.3 is 0 Å². The van der Waals surface area contributed by atoms with Crippen LogP contribution in [0, 0.1) is 5.82 Å². The first-order chi connectivity index (χ1) is 11.5. The number of rotatable bonds is 6. The molecule has 0 aromatic heterocycles. The molecule has 0 saturated heterocycles. The third-order valence-electron chi connectivity index (χ3n) is 3.47. The van der Waals surface area contributed by atoms with Crippen LogP contribution in [0.15, 0.2) is 48.5 Å². The number of amides is 2. The van der Waals surface area contributed by atoms with Gasteiger partial charge < -0.3 is 15.0 Å². The van der Waals surface area contributed by atoms with Gasteiger partial charge in [0.2, 0.25) is 11.8 Å². The molecule has 0 aliphatic heterocycles. The van der Waals surface area contributed by atoms with Gasteiger partial charge in [0.15, 0.2) is 0 Å². The Hall–Kier alpha value is -2.89. The summed E-state index contributed by atoms with van der Waals surface area (Å²) in [5, 5.41) is 2.72. The molecule has 0 fully saturated rings. The Morgan fingerprint density at radius 1 is 1.08 bits per heavy atom. The van der Waals surface area contributed by atoms with Crippen molar-refractivity contribution >= 4 is 17.5 Å². The Morgan fingerprint density at radius 2 is 1.71 bits per heavy atom. The fourth-order valence-corrected chi connectivity index (χ4v) is 2.15. The molecule has 0 aliphatic rings. The minimum Gasteiger partial charge on any atom is -0.497 e. The summed E-state index contributed by atoms with van der Waals surface area (Å²) >= 11 is 0. The fraction of sp³-hybridized carbons (Fsp3) is 0.222. The van der Waals surface area contributed by atoms with E-state index in [1.807, 2.05) is 0 Å². The van der Waals surface area contributed by atoms with Crippen LogP contribution >= 0.6 is 0 Å². The summed E-state index contributed by atoms with van der Waals surface area (Å²) in [6.45, 7) is 1.58. The highest BCUT2D eigenvalue weighted by atomic mass is 19.1. The molecule has 24 heavy (non-hydrogen) atoms. The van der Waals surface area contributed by atoms with Gasteiger partial charge in [-0.25, -0.2) is 4.39 Å². The molecule has 2 rings (SSSR count). The van der Waals surface area contributed by atoms with Gasteiger partial charge in [-0.2, -0.15) is 0 Å². The molecule has 0 radical (unpaired) electrons. The van der Waals surface area contributed by atoms with Crippen molar-refractivity contribution in [3.05, 3.63) is 59.9 Å². The third kappa shape index (κ3) is 4.81. The van der Waals surface area contributed by atoms with E-state index < -0.39 is 0 Å². The Bertz CT molecular complexity index is 699. The molecule has 1 N–H and O–H groups in total. The van der Waals surface area contributed by atoms with Gasteiger partial charge in [0.25, 0.3) is 0 Å². The standard InChI is InChI=1S/C18H19FN2O3/c1-13(22)21(16-7-9-17(24-2)10-8-16)12-18(23)20-11-14-3-5-15(19)6-4-14/h3-10H,11-12H2,1-2H3,(H,20,23). The number of methoxy groups -OCH3 is 1. The average molecular weight is 330 g/mol. The molecule has 126 valence electrons. The molecule has 5 nitrogen and oxygen atoms in total. The van der Waals surface area contributed by atoms with Gasteiger partial charge in [0.1, 0.15) is 18.1 Å². The SMILES string of the molecule is COc1ccc(N(CC(=O)NCc2ccc(F)cc2)C(C)=O)cc1. The zero-order valence-corrected chi connectivity index (χ0v) is 13.6. The lowest BCUT2D eigenvalue weighted by Gasteiger charge is -2.21. The predicted molar refractivity (Wildman–Crippen MR) is 89.3 cm³/mol. The number of hydrogen-bond acceptors (Lipinski definition) is 3. The molecule has 0 saturated carbocycles. The van der Waals surface area contributed by atoms with Crippen molar-refractivity contribution in [2.45, 2.75) is 13.5 Å². The van der Waals surface area contributed by atoms with E-state index in [2.05, 4.69) is 5.32 Å². The van der Waals surface area contributed by atoms with E-state index in [-0.39, 0.29) is 30.7 Å². The maximum Gasteiger partial charge on any atom is 0.240 e. The molecular formula is C18H19FN2O3. The number of nitrogens with one attached hydrogen (secondary N) is 1. The maximum atomic E-state index is 12.8. The highest BCUT2D eigenvalue weighted by Gasteiger charge is 2.15. The number of ether oxygens (including phenoxy) is 1. The predicted octanol–water partition coefficient (Wildman–Crippen LogP) is 2.50. The molecule has 2 aromatic rings. The minimum absolute atomic E-state index is 0.0944. The fourth-order valence-electron chi connectivity index (χ4n) is 2.15. The summed E-state index contributed by atoms with van der Waals surface area (Å²) in [4.78, 5) is 25.3. The highest BCUT2D eigenvalue weighted by molar-refractivity contribution is 5.97. The first kappa shape index (κ1) is 17.5. The number of carbonyl (C=O) groups is 2. The quantitative estimate of drug-likeness (QED) is 0.885. The second-order valence-corrected chi connectivity index (χ2v) is 5.21. The van der Waals surface area contributed by atoms with E-state index in [9.17, 15) is 14.0 Å². The molecule has 6 heteroatoms. The van der Waals surface area contributed by atoms with E-state index in [4.69, 9.17) is 4.74 Å². The number of nitrogens with zero attached hydrogens (tertiary/aromatic N) is 1. The van der Waals surface area contributed by atoms with Crippen molar-refractivity contribution < 1.29 is 18.7 Å². The molecule has 0 aliphatic carbocycles. The van der Waals surface area contributed by atoms with Crippen LogP contribution in [-0.2, 0) is 16.1 Å². The van der Waals surface area contributed by atoms with E-state index in [0.29, 0.717) is 11.4 Å². The van der Waals surface area contributed by atoms with Crippen LogP contribution in [0.4, 0.5) is 10.1 Å². The summed E-state index contributed by atoms with van der Waals surface area (Å²) in [7, 11) is 1.56. The van der Waals surface area contributed by atoms with Gasteiger partial charge in [-0.3, -0.25) is 9.59 Å². The number of benzene rings is 2. The molecule has 2 aromatic carbocycles. The van der Waals surface area contributed by atoms with Crippen molar-refractivity contribution in [2.24, 2.45) is 0 Å². The number of hydrogen-bond donors (Lipinski definition) is 1. The lowest BCUT2D eigenvalue weighted by Crippen LogP contribution is -2.39. The van der Waals surface area contributed by atoms with E-state index in [1.54, 1.807) is 43.5 Å². The number of anilines is 1. The second-order valence-electron chi connectivity index (χ2n) is 5.21. The molecule has 0 heterocycles. The summed E-state index contributed by atoms with van der Waals surface area (Å²) in [6, 6.07) is 12.7. The van der Waals surface area contributed by atoms with Gasteiger partial charge in [-0.15, -0.1) is 0 Å². The first-order valence-electron chi connectivity index (χ1n) is 7.43. The lowest BCUT2D eigenvalue weighted by molar-refractivity contribution is -0.123. The van der Waals surface area contributed by atoms with Crippen molar-refractivity contribution in [3.8, 4) is 5.75 Å². The highest BCUT2D eigenvalue weighted by Crippen LogP contribution is 2.19. The van der Waals surface area contributed by atoms with Crippen molar-refractivity contribution in [2.75, 3.05) is 18.6 Å². The molecule has 2 amide bonds. The van der Waals surface area contributed by atoms with Crippen molar-refractivity contribution in [3.63, 3.8) is 0 Å². The molecule has 0 atom stereocenters. The third-order valence-corrected chi connectivity index (χ3v) is 3.47. The number of carbonyl (C=O) groups excluding carboxylic acids is 2. The largest absolute Gasteiger partial charge is 0.497 e. The normalized spacial score (nSPS) is 10.1. The molecule has 0 spiro atoms. The van der Waals surface area contributed by atoms with E-state index in [1.165, 1.54) is 24.0 Å². The van der Waals surface area contributed by atoms with Crippen LogP contribution in [0.25, 0.3) is 0 Å². The zero-order chi connectivity index (χ0) is 17.5. The Kier molecular flexibility index (Phi) is 5.89. The van der Waals surface area contributed by atoms with Gasteiger partial charge in [-0.1, -0.05) is 12.1 Å². The van der Waals surface area contributed by atoms with Crippen LogP contribution in [0.1, 0.15) is 12.5 Å². The Labute approximate surface area is 140 Å².